The SMILES string of the molecule is CCC1NC(=O)CN(CCCOc2ccccc2)C1=O. The van der Waals surface area contributed by atoms with Crippen LogP contribution in [0.1, 0.15) is 19.8 Å². The third-order valence-electron chi connectivity index (χ3n) is 3.27. The highest BCUT2D eigenvalue weighted by molar-refractivity contribution is 5.94. The number of amides is 2. The van der Waals surface area contributed by atoms with Gasteiger partial charge in [0.1, 0.15) is 11.8 Å². The van der Waals surface area contributed by atoms with Crippen molar-refractivity contribution in [3.63, 3.8) is 0 Å². The maximum Gasteiger partial charge on any atom is 0.245 e. The van der Waals surface area contributed by atoms with Crippen molar-refractivity contribution in [3.05, 3.63) is 30.3 Å². The van der Waals surface area contributed by atoms with Crippen LogP contribution in [0, 0.1) is 0 Å². The Morgan fingerprint density at radius 2 is 2.05 bits per heavy atom. The molecule has 1 aromatic carbocycles. The highest BCUT2D eigenvalue weighted by Gasteiger charge is 2.30. The number of nitrogens with one attached hydrogen (secondary N) is 1. The maximum absolute atomic E-state index is 12.0. The Morgan fingerprint density at radius 3 is 2.75 bits per heavy atom. The molecular weight excluding hydrogens is 256 g/mol. The second kappa shape index (κ2) is 6.93. The van der Waals surface area contributed by atoms with E-state index in [0.29, 0.717) is 26.0 Å². The van der Waals surface area contributed by atoms with Crippen LogP contribution < -0.4 is 10.1 Å². The third kappa shape index (κ3) is 3.73. The Kier molecular flexibility index (Phi) is 4.98. The van der Waals surface area contributed by atoms with Crippen molar-refractivity contribution < 1.29 is 14.3 Å². The molecule has 1 aliphatic rings. The summed E-state index contributed by atoms with van der Waals surface area (Å²) in [6.07, 6.45) is 1.34. The van der Waals surface area contributed by atoms with Crippen LogP contribution in [0.5, 0.6) is 5.75 Å². The van der Waals surface area contributed by atoms with Gasteiger partial charge in [-0.3, -0.25) is 9.59 Å². The molecule has 1 aromatic rings. The molecule has 1 saturated heterocycles. The number of rotatable bonds is 6. The van der Waals surface area contributed by atoms with Crippen molar-refractivity contribution in [2.45, 2.75) is 25.8 Å². The monoisotopic (exact) mass is 276 g/mol. The molecule has 5 nitrogen and oxygen atoms in total. The Labute approximate surface area is 118 Å². The van der Waals surface area contributed by atoms with E-state index in [2.05, 4.69) is 5.32 Å². The molecule has 108 valence electrons. The normalized spacial score (nSPS) is 18.9. The molecule has 0 saturated carbocycles. The van der Waals surface area contributed by atoms with Gasteiger partial charge in [-0.15, -0.1) is 0 Å². The molecule has 1 unspecified atom stereocenters. The lowest BCUT2D eigenvalue weighted by Crippen LogP contribution is -2.57. The van der Waals surface area contributed by atoms with Crippen LogP contribution in [0.3, 0.4) is 0 Å². The summed E-state index contributed by atoms with van der Waals surface area (Å²) in [7, 11) is 0. The van der Waals surface area contributed by atoms with Crippen LogP contribution in [0.2, 0.25) is 0 Å². The van der Waals surface area contributed by atoms with Gasteiger partial charge in [0, 0.05) is 6.54 Å². The van der Waals surface area contributed by atoms with Crippen LogP contribution in [-0.4, -0.2) is 42.5 Å². The summed E-state index contributed by atoms with van der Waals surface area (Å²) in [5, 5.41) is 2.70. The van der Waals surface area contributed by atoms with E-state index in [-0.39, 0.29) is 24.4 Å². The number of hydrogen-bond donors (Lipinski definition) is 1. The van der Waals surface area contributed by atoms with Gasteiger partial charge in [0.15, 0.2) is 0 Å². The molecule has 0 bridgehead atoms. The van der Waals surface area contributed by atoms with Crippen molar-refractivity contribution in [2.75, 3.05) is 19.7 Å². The minimum absolute atomic E-state index is 0.00631. The average Bonchev–Trinajstić information content (AvgIpc) is 2.47. The van der Waals surface area contributed by atoms with Gasteiger partial charge in [-0.2, -0.15) is 0 Å². The predicted octanol–water partition coefficient (Wildman–Crippen LogP) is 1.19. The van der Waals surface area contributed by atoms with Gasteiger partial charge >= 0.3 is 0 Å². The Hall–Kier alpha value is -2.04. The first-order valence-electron chi connectivity index (χ1n) is 6.96. The van der Waals surface area contributed by atoms with E-state index in [1.54, 1.807) is 4.90 Å². The predicted molar refractivity (Wildman–Crippen MR) is 75.4 cm³/mol. The molecule has 1 atom stereocenters. The molecule has 1 fully saturated rings. The number of para-hydroxylation sites is 1. The Morgan fingerprint density at radius 1 is 1.30 bits per heavy atom. The molecule has 1 N–H and O–H groups in total. The summed E-state index contributed by atoms with van der Waals surface area (Å²) in [6, 6.07) is 9.19. The highest BCUT2D eigenvalue weighted by Crippen LogP contribution is 2.10. The quantitative estimate of drug-likeness (QED) is 0.794. The number of ether oxygens (including phenoxy) is 1. The number of carbonyl (C=O) groups excluding carboxylic acids is 2. The van der Waals surface area contributed by atoms with E-state index < -0.39 is 0 Å². The van der Waals surface area contributed by atoms with E-state index >= 15 is 0 Å². The van der Waals surface area contributed by atoms with E-state index in [4.69, 9.17) is 4.74 Å². The minimum atomic E-state index is -0.369. The fourth-order valence-corrected chi connectivity index (χ4v) is 2.20. The summed E-state index contributed by atoms with van der Waals surface area (Å²) >= 11 is 0. The topological polar surface area (TPSA) is 58.6 Å². The molecule has 0 spiro atoms. The van der Waals surface area contributed by atoms with Crippen LogP contribution in [-0.2, 0) is 9.59 Å². The summed E-state index contributed by atoms with van der Waals surface area (Å²) in [6.45, 7) is 3.13. The zero-order chi connectivity index (χ0) is 14.4. The molecule has 1 aliphatic heterocycles. The van der Waals surface area contributed by atoms with E-state index in [1.807, 2.05) is 37.3 Å². The molecule has 1 heterocycles. The van der Waals surface area contributed by atoms with Crippen LogP contribution in [0.15, 0.2) is 30.3 Å². The fraction of sp³-hybridized carbons (Fsp3) is 0.467. The van der Waals surface area contributed by atoms with Gasteiger partial charge in [-0.05, 0) is 25.0 Å². The summed E-state index contributed by atoms with van der Waals surface area (Å²) < 4.78 is 5.57. The van der Waals surface area contributed by atoms with Gasteiger partial charge in [0.25, 0.3) is 0 Å². The third-order valence-corrected chi connectivity index (χ3v) is 3.27. The zero-order valence-electron chi connectivity index (χ0n) is 11.7. The molecule has 0 radical (unpaired) electrons. The molecule has 0 aliphatic carbocycles. The minimum Gasteiger partial charge on any atom is -0.494 e. The molecule has 2 amide bonds. The highest BCUT2D eigenvalue weighted by atomic mass is 16.5. The lowest BCUT2D eigenvalue weighted by molar-refractivity contribution is -0.144. The van der Waals surface area contributed by atoms with Crippen LogP contribution in [0.4, 0.5) is 0 Å². The first-order chi connectivity index (χ1) is 9.70. The summed E-state index contributed by atoms with van der Waals surface area (Å²) in [5.41, 5.74) is 0. The van der Waals surface area contributed by atoms with E-state index in [0.717, 1.165) is 5.75 Å². The molecule has 20 heavy (non-hydrogen) atoms. The largest absolute Gasteiger partial charge is 0.494 e. The van der Waals surface area contributed by atoms with E-state index in [1.165, 1.54) is 0 Å². The van der Waals surface area contributed by atoms with Gasteiger partial charge in [0.05, 0.1) is 13.2 Å². The lowest BCUT2D eigenvalue weighted by Gasteiger charge is -2.32. The van der Waals surface area contributed by atoms with Gasteiger partial charge in [-0.1, -0.05) is 25.1 Å². The Balaban J connectivity index is 1.75. The first-order valence-corrected chi connectivity index (χ1v) is 6.96. The number of nitrogens with zero attached hydrogens (tertiary/aromatic N) is 1. The van der Waals surface area contributed by atoms with Gasteiger partial charge in [0.2, 0.25) is 11.8 Å². The van der Waals surface area contributed by atoms with Crippen molar-refractivity contribution in [2.24, 2.45) is 0 Å². The van der Waals surface area contributed by atoms with Crippen LogP contribution >= 0.6 is 0 Å². The number of hydrogen-bond acceptors (Lipinski definition) is 3. The fourth-order valence-electron chi connectivity index (χ4n) is 2.20. The first kappa shape index (κ1) is 14.4. The molecule has 0 aromatic heterocycles. The molecular formula is C15H20N2O3. The van der Waals surface area contributed by atoms with E-state index in [9.17, 15) is 9.59 Å². The molecule has 5 heteroatoms. The summed E-state index contributed by atoms with van der Waals surface area (Å²) in [4.78, 5) is 25.2. The van der Waals surface area contributed by atoms with Gasteiger partial charge < -0.3 is 15.0 Å². The van der Waals surface area contributed by atoms with Crippen molar-refractivity contribution >= 4 is 11.8 Å². The maximum atomic E-state index is 12.0. The van der Waals surface area contributed by atoms with Gasteiger partial charge in [-0.25, -0.2) is 0 Å². The van der Waals surface area contributed by atoms with Crippen LogP contribution in [0.25, 0.3) is 0 Å². The van der Waals surface area contributed by atoms with Crippen molar-refractivity contribution in [3.8, 4) is 5.75 Å². The smallest absolute Gasteiger partial charge is 0.245 e. The van der Waals surface area contributed by atoms with Crippen molar-refractivity contribution in [1.29, 1.82) is 0 Å². The lowest BCUT2D eigenvalue weighted by atomic mass is 10.1. The summed E-state index contributed by atoms with van der Waals surface area (Å²) in [5.74, 6) is 0.744. The standard InChI is InChI=1S/C15H20N2O3/c1-2-13-15(19)17(11-14(18)16-13)9-6-10-20-12-7-4-3-5-8-12/h3-5,7-8,13H,2,6,9-11H2,1H3,(H,16,18). The Bertz CT molecular complexity index is 461. The van der Waals surface area contributed by atoms with Crippen molar-refractivity contribution in [1.82, 2.24) is 10.2 Å². The second-order valence-electron chi connectivity index (χ2n) is 4.80. The molecule has 2 rings (SSSR count). The number of piperazine rings is 1. The second-order valence-corrected chi connectivity index (χ2v) is 4.80. The zero-order valence-corrected chi connectivity index (χ0v) is 11.7. The number of carbonyl (C=O) groups is 2. The number of benzene rings is 1. The average molecular weight is 276 g/mol.